The number of amides is 3. The van der Waals surface area contributed by atoms with Crippen LogP contribution in [0.4, 0.5) is 0 Å². The second-order valence-electron chi connectivity index (χ2n) is 7.49. The van der Waals surface area contributed by atoms with Crippen LogP contribution < -0.4 is 0 Å². The van der Waals surface area contributed by atoms with Crippen molar-refractivity contribution in [2.45, 2.75) is 37.8 Å². The molecule has 1 fully saturated rings. The Kier molecular flexibility index (Phi) is 3.64. The van der Waals surface area contributed by atoms with Crippen LogP contribution in [0, 0.1) is 0 Å². The lowest BCUT2D eigenvalue weighted by molar-refractivity contribution is -0.138. The van der Waals surface area contributed by atoms with Crippen LogP contribution in [0.25, 0.3) is 0 Å². The van der Waals surface area contributed by atoms with Gasteiger partial charge in [-0.05, 0) is 42.5 Å². The van der Waals surface area contributed by atoms with Crippen LogP contribution in [0.3, 0.4) is 0 Å². The van der Waals surface area contributed by atoms with Gasteiger partial charge in [-0.25, -0.2) is 0 Å². The first kappa shape index (κ1) is 16.2. The standard InChI is InChI=1S/C22H20N2O3/c25-20-16-9-3-4-10-17(16)21(26)24(20)19-13-14-7-1-2-8-15(14)18-11-5-6-12-23(18)22(19)27/h1-4,7-10,18-19H,5-6,11-13H2. The van der Waals surface area contributed by atoms with E-state index in [0.717, 1.165) is 30.4 Å². The zero-order valence-electron chi connectivity index (χ0n) is 14.9. The molecule has 3 amide bonds. The summed E-state index contributed by atoms with van der Waals surface area (Å²) < 4.78 is 0. The lowest BCUT2D eigenvalue weighted by Gasteiger charge is -2.37. The molecule has 2 aromatic rings. The Bertz CT molecular complexity index is 933. The number of carbonyl (C=O) groups excluding carboxylic acids is 3. The Balaban J connectivity index is 1.60. The number of hydrogen-bond donors (Lipinski definition) is 0. The summed E-state index contributed by atoms with van der Waals surface area (Å²) in [5.74, 6) is -0.825. The molecule has 2 unspecified atom stereocenters. The molecule has 2 atom stereocenters. The quantitative estimate of drug-likeness (QED) is 0.735. The minimum Gasteiger partial charge on any atom is -0.334 e. The normalized spacial score (nSPS) is 24.4. The number of hydrogen-bond acceptors (Lipinski definition) is 3. The molecule has 5 rings (SSSR count). The third-order valence-electron chi connectivity index (χ3n) is 6.04. The van der Waals surface area contributed by atoms with E-state index in [9.17, 15) is 14.4 Å². The number of rotatable bonds is 1. The zero-order chi connectivity index (χ0) is 18.5. The van der Waals surface area contributed by atoms with Crippen LogP contribution in [0.15, 0.2) is 48.5 Å². The summed E-state index contributed by atoms with van der Waals surface area (Å²) in [6, 6.07) is 14.1. The maximum atomic E-state index is 13.5. The van der Waals surface area contributed by atoms with Crippen LogP contribution in [-0.2, 0) is 11.2 Å². The van der Waals surface area contributed by atoms with E-state index in [0.29, 0.717) is 24.1 Å². The summed E-state index contributed by atoms with van der Waals surface area (Å²) in [7, 11) is 0. The van der Waals surface area contributed by atoms with Crippen LogP contribution >= 0.6 is 0 Å². The van der Waals surface area contributed by atoms with E-state index in [2.05, 4.69) is 6.07 Å². The fraction of sp³-hybridized carbons (Fsp3) is 0.318. The minimum atomic E-state index is -0.776. The summed E-state index contributed by atoms with van der Waals surface area (Å²) in [6.45, 7) is 0.678. The van der Waals surface area contributed by atoms with Crippen molar-refractivity contribution < 1.29 is 14.4 Å². The Morgan fingerprint density at radius 2 is 1.44 bits per heavy atom. The molecule has 5 heteroatoms. The van der Waals surface area contributed by atoms with Gasteiger partial charge in [-0.15, -0.1) is 0 Å². The van der Waals surface area contributed by atoms with Crippen molar-refractivity contribution in [2.75, 3.05) is 6.54 Å². The van der Waals surface area contributed by atoms with E-state index < -0.39 is 6.04 Å². The first-order chi connectivity index (χ1) is 13.2. The van der Waals surface area contributed by atoms with Crippen molar-refractivity contribution in [1.82, 2.24) is 9.80 Å². The van der Waals surface area contributed by atoms with Crippen molar-refractivity contribution in [3.05, 3.63) is 70.8 Å². The van der Waals surface area contributed by atoms with Crippen LogP contribution in [0.5, 0.6) is 0 Å². The molecule has 0 bridgehead atoms. The Morgan fingerprint density at radius 3 is 2.19 bits per heavy atom. The molecule has 0 aliphatic carbocycles. The molecule has 0 spiro atoms. The highest BCUT2D eigenvalue weighted by atomic mass is 16.2. The predicted octanol–water partition coefficient (Wildman–Crippen LogP) is 2.96. The first-order valence-electron chi connectivity index (χ1n) is 9.52. The lowest BCUT2D eigenvalue weighted by Crippen LogP contribution is -2.52. The summed E-state index contributed by atoms with van der Waals surface area (Å²) in [5, 5.41) is 0. The number of nitrogens with zero attached hydrogens (tertiary/aromatic N) is 2. The number of piperidine rings is 1. The average molecular weight is 360 g/mol. The van der Waals surface area contributed by atoms with Gasteiger partial charge in [0.1, 0.15) is 6.04 Å². The summed E-state index contributed by atoms with van der Waals surface area (Å²) in [6.07, 6.45) is 3.35. The average Bonchev–Trinajstić information content (AvgIpc) is 2.89. The maximum Gasteiger partial charge on any atom is 0.262 e. The van der Waals surface area contributed by atoms with Gasteiger partial charge in [0.2, 0.25) is 5.91 Å². The highest BCUT2D eigenvalue weighted by molar-refractivity contribution is 6.22. The van der Waals surface area contributed by atoms with E-state index in [-0.39, 0.29) is 23.8 Å². The van der Waals surface area contributed by atoms with Crippen molar-refractivity contribution in [3.63, 3.8) is 0 Å². The highest BCUT2D eigenvalue weighted by Gasteiger charge is 2.46. The first-order valence-corrected chi connectivity index (χ1v) is 9.52. The van der Waals surface area contributed by atoms with Gasteiger partial charge in [-0.3, -0.25) is 19.3 Å². The molecular formula is C22H20N2O3. The summed E-state index contributed by atoms with van der Waals surface area (Å²) >= 11 is 0. The molecule has 3 heterocycles. The third-order valence-corrected chi connectivity index (χ3v) is 6.04. The topological polar surface area (TPSA) is 57.7 Å². The van der Waals surface area contributed by atoms with E-state index in [1.165, 1.54) is 4.90 Å². The molecule has 3 aliphatic heterocycles. The zero-order valence-corrected chi connectivity index (χ0v) is 14.9. The number of fused-ring (bicyclic) bond motifs is 4. The van der Waals surface area contributed by atoms with Crippen LogP contribution in [0.1, 0.15) is 57.1 Å². The smallest absolute Gasteiger partial charge is 0.262 e. The fourth-order valence-electron chi connectivity index (χ4n) is 4.74. The summed E-state index contributed by atoms with van der Waals surface area (Å²) in [5.41, 5.74) is 3.00. The molecule has 1 saturated heterocycles. The monoisotopic (exact) mass is 360 g/mol. The number of carbonyl (C=O) groups is 3. The predicted molar refractivity (Wildman–Crippen MR) is 99.2 cm³/mol. The van der Waals surface area contributed by atoms with Crippen molar-refractivity contribution >= 4 is 17.7 Å². The van der Waals surface area contributed by atoms with Gasteiger partial charge >= 0.3 is 0 Å². The third kappa shape index (κ3) is 2.34. The molecule has 2 aromatic carbocycles. The molecule has 0 saturated carbocycles. The molecular weight excluding hydrogens is 340 g/mol. The fourth-order valence-corrected chi connectivity index (χ4v) is 4.74. The van der Waals surface area contributed by atoms with Crippen LogP contribution in [-0.4, -0.2) is 40.1 Å². The van der Waals surface area contributed by atoms with Gasteiger partial charge in [0.25, 0.3) is 11.8 Å². The minimum absolute atomic E-state index is 0.0441. The molecule has 0 N–H and O–H groups in total. The molecule has 27 heavy (non-hydrogen) atoms. The Hall–Kier alpha value is -2.95. The maximum absolute atomic E-state index is 13.5. The van der Waals surface area contributed by atoms with E-state index in [1.54, 1.807) is 24.3 Å². The molecule has 136 valence electrons. The van der Waals surface area contributed by atoms with Gasteiger partial charge < -0.3 is 4.90 Å². The van der Waals surface area contributed by atoms with E-state index in [4.69, 9.17) is 0 Å². The van der Waals surface area contributed by atoms with Gasteiger partial charge in [0.15, 0.2) is 0 Å². The van der Waals surface area contributed by atoms with Crippen molar-refractivity contribution in [3.8, 4) is 0 Å². The van der Waals surface area contributed by atoms with Gasteiger partial charge in [-0.2, -0.15) is 0 Å². The Labute approximate surface area is 157 Å². The number of imide groups is 1. The van der Waals surface area contributed by atoms with Gasteiger partial charge in [-0.1, -0.05) is 36.4 Å². The van der Waals surface area contributed by atoms with E-state index in [1.807, 2.05) is 23.1 Å². The second-order valence-corrected chi connectivity index (χ2v) is 7.49. The van der Waals surface area contributed by atoms with Gasteiger partial charge in [0.05, 0.1) is 17.2 Å². The number of benzene rings is 2. The molecule has 0 radical (unpaired) electrons. The second kappa shape index (κ2) is 6.05. The van der Waals surface area contributed by atoms with Crippen molar-refractivity contribution in [2.24, 2.45) is 0 Å². The van der Waals surface area contributed by atoms with Crippen LogP contribution in [0.2, 0.25) is 0 Å². The molecule has 3 aliphatic rings. The lowest BCUT2D eigenvalue weighted by atomic mass is 9.92. The largest absolute Gasteiger partial charge is 0.334 e. The highest BCUT2D eigenvalue weighted by Crippen LogP contribution is 2.38. The SMILES string of the molecule is O=C1C(N2C(=O)c3ccccc3C2=O)Cc2ccccc2C2CCCCN12. The van der Waals surface area contributed by atoms with Crippen molar-refractivity contribution in [1.29, 1.82) is 0 Å². The Morgan fingerprint density at radius 1 is 0.778 bits per heavy atom. The molecule has 5 nitrogen and oxygen atoms in total. The van der Waals surface area contributed by atoms with E-state index >= 15 is 0 Å². The van der Waals surface area contributed by atoms with Gasteiger partial charge in [0, 0.05) is 13.0 Å². The summed E-state index contributed by atoms with van der Waals surface area (Å²) in [4.78, 5) is 42.5. The molecule has 0 aromatic heterocycles.